The summed E-state index contributed by atoms with van der Waals surface area (Å²) in [6.07, 6.45) is 0. The first kappa shape index (κ1) is 17.6. The lowest BCUT2D eigenvalue weighted by molar-refractivity contribution is -0.119. The van der Waals surface area contributed by atoms with Crippen molar-refractivity contribution in [2.75, 3.05) is 5.75 Å². The fourth-order valence-electron chi connectivity index (χ4n) is 2.43. The Balaban J connectivity index is 1.82. The van der Waals surface area contributed by atoms with Gasteiger partial charge in [-0.25, -0.2) is 0 Å². The molecular weight excluding hydrogens is 302 g/mol. The lowest BCUT2D eigenvalue weighted by Crippen LogP contribution is -2.28. The van der Waals surface area contributed by atoms with Crippen LogP contribution in [0.1, 0.15) is 40.8 Å². The monoisotopic (exact) mass is 327 g/mol. The van der Waals surface area contributed by atoms with Crippen molar-refractivity contribution in [1.29, 1.82) is 0 Å². The zero-order valence-electron chi connectivity index (χ0n) is 14.3. The number of amides is 1. The SMILES string of the molecule is Cc1ccc(C(C)NC(=O)CSCc2ccccc2C)cc1C. The van der Waals surface area contributed by atoms with E-state index in [1.54, 1.807) is 11.8 Å². The molecule has 3 heteroatoms. The van der Waals surface area contributed by atoms with Crippen molar-refractivity contribution in [3.05, 3.63) is 70.3 Å². The normalized spacial score (nSPS) is 12.0. The second kappa shape index (κ2) is 8.21. The van der Waals surface area contributed by atoms with Crippen LogP contribution in [0.4, 0.5) is 0 Å². The topological polar surface area (TPSA) is 29.1 Å². The van der Waals surface area contributed by atoms with Crippen LogP contribution in [-0.4, -0.2) is 11.7 Å². The molecule has 0 bridgehead atoms. The number of carbonyl (C=O) groups is 1. The van der Waals surface area contributed by atoms with E-state index in [0.29, 0.717) is 5.75 Å². The van der Waals surface area contributed by atoms with E-state index in [4.69, 9.17) is 0 Å². The largest absolute Gasteiger partial charge is 0.349 e. The fraction of sp³-hybridized carbons (Fsp3) is 0.350. The average Bonchev–Trinajstić information content (AvgIpc) is 2.51. The van der Waals surface area contributed by atoms with Gasteiger partial charge in [-0.1, -0.05) is 42.5 Å². The molecule has 0 aliphatic rings. The summed E-state index contributed by atoms with van der Waals surface area (Å²) < 4.78 is 0. The predicted octanol–water partition coefficient (Wildman–Crippen LogP) is 4.72. The Labute approximate surface area is 143 Å². The molecule has 2 rings (SSSR count). The number of benzene rings is 2. The highest BCUT2D eigenvalue weighted by Gasteiger charge is 2.10. The van der Waals surface area contributed by atoms with Crippen LogP contribution in [0.2, 0.25) is 0 Å². The Hall–Kier alpha value is -1.74. The van der Waals surface area contributed by atoms with Gasteiger partial charge in [-0.15, -0.1) is 11.8 Å². The van der Waals surface area contributed by atoms with Crippen LogP contribution < -0.4 is 5.32 Å². The maximum Gasteiger partial charge on any atom is 0.230 e. The van der Waals surface area contributed by atoms with Gasteiger partial charge in [0.25, 0.3) is 0 Å². The Morgan fingerprint density at radius 2 is 1.78 bits per heavy atom. The highest BCUT2D eigenvalue weighted by molar-refractivity contribution is 7.99. The van der Waals surface area contributed by atoms with E-state index in [1.165, 1.54) is 22.3 Å². The molecule has 0 spiro atoms. The second-order valence-corrected chi connectivity index (χ2v) is 7.04. The van der Waals surface area contributed by atoms with Crippen molar-refractivity contribution in [2.45, 2.75) is 39.5 Å². The number of nitrogens with one attached hydrogen (secondary N) is 1. The molecule has 2 aromatic rings. The van der Waals surface area contributed by atoms with Gasteiger partial charge in [-0.05, 0) is 55.5 Å². The summed E-state index contributed by atoms with van der Waals surface area (Å²) in [4.78, 5) is 12.1. The molecule has 122 valence electrons. The second-order valence-electron chi connectivity index (χ2n) is 6.05. The van der Waals surface area contributed by atoms with Gasteiger partial charge in [0.05, 0.1) is 11.8 Å². The molecule has 1 unspecified atom stereocenters. The number of aryl methyl sites for hydroxylation is 3. The third-order valence-corrected chi connectivity index (χ3v) is 5.14. The maximum atomic E-state index is 12.1. The lowest BCUT2D eigenvalue weighted by atomic mass is 10.0. The first-order valence-electron chi connectivity index (χ1n) is 7.96. The molecular formula is C20H25NOS. The summed E-state index contributed by atoms with van der Waals surface area (Å²) in [5.74, 6) is 1.45. The molecule has 23 heavy (non-hydrogen) atoms. The average molecular weight is 327 g/mol. The highest BCUT2D eigenvalue weighted by Crippen LogP contribution is 2.18. The third-order valence-electron chi connectivity index (χ3n) is 4.16. The molecule has 1 amide bonds. The minimum atomic E-state index is 0.0425. The van der Waals surface area contributed by atoms with E-state index in [-0.39, 0.29) is 11.9 Å². The Morgan fingerprint density at radius 3 is 2.48 bits per heavy atom. The van der Waals surface area contributed by atoms with Crippen LogP contribution >= 0.6 is 11.8 Å². The summed E-state index contributed by atoms with van der Waals surface area (Å²) in [7, 11) is 0. The van der Waals surface area contributed by atoms with Gasteiger partial charge in [0.2, 0.25) is 5.91 Å². The van der Waals surface area contributed by atoms with E-state index in [1.807, 2.05) is 19.1 Å². The van der Waals surface area contributed by atoms with E-state index in [2.05, 4.69) is 56.4 Å². The summed E-state index contributed by atoms with van der Waals surface area (Å²) in [5.41, 5.74) is 6.28. The first-order chi connectivity index (χ1) is 11.0. The Bertz CT molecular complexity index is 681. The molecule has 0 fully saturated rings. The Kier molecular flexibility index (Phi) is 6.28. The summed E-state index contributed by atoms with van der Waals surface area (Å²) in [5, 5.41) is 3.08. The molecule has 1 N–H and O–H groups in total. The van der Waals surface area contributed by atoms with E-state index >= 15 is 0 Å². The van der Waals surface area contributed by atoms with Crippen LogP contribution in [0.3, 0.4) is 0 Å². The van der Waals surface area contributed by atoms with Crippen molar-refractivity contribution in [3.63, 3.8) is 0 Å². The van der Waals surface area contributed by atoms with Gasteiger partial charge < -0.3 is 5.32 Å². The van der Waals surface area contributed by atoms with Gasteiger partial charge in [0.15, 0.2) is 0 Å². The molecule has 0 saturated heterocycles. The number of carbonyl (C=O) groups excluding carboxylic acids is 1. The molecule has 2 aromatic carbocycles. The molecule has 0 radical (unpaired) electrons. The zero-order chi connectivity index (χ0) is 16.8. The fourth-order valence-corrected chi connectivity index (χ4v) is 3.34. The molecule has 2 nitrogen and oxygen atoms in total. The van der Waals surface area contributed by atoms with Crippen LogP contribution in [-0.2, 0) is 10.5 Å². The third kappa shape index (κ3) is 5.14. The lowest BCUT2D eigenvalue weighted by Gasteiger charge is -2.15. The first-order valence-corrected chi connectivity index (χ1v) is 9.11. The van der Waals surface area contributed by atoms with Crippen LogP contribution in [0, 0.1) is 20.8 Å². The standard InChI is InChI=1S/C20H25NOS/c1-14-9-10-18(11-16(14)3)17(4)21-20(22)13-23-12-19-8-6-5-7-15(19)2/h5-11,17H,12-13H2,1-4H3,(H,21,22). The van der Waals surface area contributed by atoms with Crippen molar-refractivity contribution >= 4 is 17.7 Å². The predicted molar refractivity (Wildman–Crippen MR) is 99.8 cm³/mol. The molecule has 1 atom stereocenters. The number of rotatable bonds is 6. The molecule has 0 saturated carbocycles. The van der Waals surface area contributed by atoms with Crippen molar-refractivity contribution in [2.24, 2.45) is 0 Å². The van der Waals surface area contributed by atoms with Crippen molar-refractivity contribution in [3.8, 4) is 0 Å². The van der Waals surface area contributed by atoms with Gasteiger partial charge in [0, 0.05) is 5.75 Å². The van der Waals surface area contributed by atoms with E-state index in [0.717, 1.165) is 11.3 Å². The quantitative estimate of drug-likeness (QED) is 0.831. The van der Waals surface area contributed by atoms with Gasteiger partial charge in [-0.3, -0.25) is 4.79 Å². The zero-order valence-corrected chi connectivity index (χ0v) is 15.2. The van der Waals surface area contributed by atoms with Crippen molar-refractivity contribution in [1.82, 2.24) is 5.32 Å². The minimum absolute atomic E-state index is 0.0425. The highest BCUT2D eigenvalue weighted by atomic mass is 32.2. The van der Waals surface area contributed by atoms with Gasteiger partial charge in [0.1, 0.15) is 0 Å². The minimum Gasteiger partial charge on any atom is -0.349 e. The van der Waals surface area contributed by atoms with Crippen LogP contribution in [0.15, 0.2) is 42.5 Å². The molecule has 0 heterocycles. The van der Waals surface area contributed by atoms with E-state index in [9.17, 15) is 4.79 Å². The van der Waals surface area contributed by atoms with Gasteiger partial charge >= 0.3 is 0 Å². The van der Waals surface area contributed by atoms with Crippen LogP contribution in [0.5, 0.6) is 0 Å². The molecule has 0 aliphatic carbocycles. The number of thioether (sulfide) groups is 1. The number of hydrogen-bond acceptors (Lipinski definition) is 2. The van der Waals surface area contributed by atoms with Crippen LogP contribution in [0.25, 0.3) is 0 Å². The van der Waals surface area contributed by atoms with E-state index < -0.39 is 0 Å². The molecule has 0 aromatic heterocycles. The maximum absolute atomic E-state index is 12.1. The van der Waals surface area contributed by atoms with Gasteiger partial charge in [-0.2, -0.15) is 0 Å². The molecule has 0 aliphatic heterocycles. The summed E-state index contributed by atoms with van der Waals surface area (Å²) in [6.45, 7) is 8.35. The summed E-state index contributed by atoms with van der Waals surface area (Å²) in [6, 6.07) is 14.7. The summed E-state index contributed by atoms with van der Waals surface area (Å²) >= 11 is 1.66. The smallest absolute Gasteiger partial charge is 0.230 e. The van der Waals surface area contributed by atoms with Crippen molar-refractivity contribution < 1.29 is 4.79 Å². The Morgan fingerprint density at radius 1 is 1.04 bits per heavy atom. The number of hydrogen-bond donors (Lipinski definition) is 1.